The normalized spacial score (nSPS) is 19.8. The molecule has 1 fully saturated rings. The van der Waals surface area contributed by atoms with Crippen molar-refractivity contribution in [2.75, 3.05) is 26.3 Å². The number of nitro benzene ring substituents is 1. The van der Waals surface area contributed by atoms with Gasteiger partial charge in [-0.15, -0.1) is 0 Å². The standard InChI is InChI=1S/C20H20N4O3S/c1-14-2-4-15(5-3-14)18-21-19(16-6-8-17(9-7-16)24(25)26)28-20(22-18)23-10-12-27-13-11-23/h2-9,19H,10-13H2,1H3/t19-/m0/s1. The lowest BCUT2D eigenvalue weighted by molar-refractivity contribution is -0.384. The Morgan fingerprint density at radius 1 is 1.11 bits per heavy atom. The first kappa shape index (κ1) is 18.6. The summed E-state index contributed by atoms with van der Waals surface area (Å²) in [6.07, 6.45) is 0. The Hall–Kier alpha value is -2.71. The molecule has 0 saturated carbocycles. The minimum Gasteiger partial charge on any atom is -0.378 e. The Morgan fingerprint density at radius 3 is 2.43 bits per heavy atom. The summed E-state index contributed by atoms with van der Waals surface area (Å²) in [7, 11) is 0. The van der Waals surface area contributed by atoms with Crippen molar-refractivity contribution in [3.63, 3.8) is 0 Å². The predicted octanol–water partition coefficient (Wildman–Crippen LogP) is 3.78. The van der Waals surface area contributed by atoms with E-state index in [2.05, 4.69) is 4.90 Å². The Balaban J connectivity index is 1.68. The molecule has 144 valence electrons. The lowest BCUT2D eigenvalue weighted by Gasteiger charge is -2.32. The average molecular weight is 396 g/mol. The van der Waals surface area contributed by atoms with Crippen LogP contribution in [0.5, 0.6) is 0 Å². The summed E-state index contributed by atoms with van der Waals surface area (Å²) in [5.74, 6) is 0.684. The molecular weight excluding hydrogens is 376 g/mol. The number of rotatable bonds is 3. The minimum absolute atomic E-state index is 0.0781. The third-order valence-corrected chi connectivity index (χ3v) is 5.80. The molecule has 2 heterocycles. The monoisotopic (exact) mass is 396 g/mol. The number of nitrogens with zero attached hydrogens (tertiary/aromatic N) is 4. The third kappa shape index (κ3) is 4.07. The number of benzene rings is 2. The second-order valence-corrected chi connectivity index (χ2v) is 7.68. The molecular formula is C20H20N4O3S. The van der Waals surface area contributed by atoms with Gasteiger partial charge in [0.15, 0.2) is 11.0 Å². The number of ether oxygens (including phenoxy) is 1. The maximum atomic E-state index is 10.9. The number of aryl methyl sites for hydroxylation is 1. The van der Waals surface area contributed by atoms with Crippen LogP contribution in [0.3, 0.4) is 0 Å². The van der Waals surface area contributed by atoms with Crippen molar-refractivity contribution in [3.8, 4) is 0 Å². The van der Waals surface area contributed by atoms with Crippen LogP contribution in [0.15, 0.2) is 58.5 Å². The zero-order valence-corrected chi connectivity index (χ0v) is 16.3. The van der Waals surface area contributed by atoms with Crippen molar-refractivity contribution in [3.05, 3.63) is 75.3 Å². The van der Waals surface area contributed by atoms with Gasteiger partial charge in [-0.3, -0.25) is 10.1 Å². The molecule has 0 unspecified atom stereocenters. The molecule has 0 aliphatic carbocycles. The van der Waals surface area contributed by atoms with Gasteiger partial charge in [0.1, 0.15) is 5.37 Å². The van der Waals surface area contributed by atoms with E-state index in [1.165, 1.54) is 17.7 Å². The summed E-state index contributed by atoms with van der Waals surface area (Å²) in [5.41, 5.74) is 3.14. The minimum atomic E-state index is -0.389. The highest BCUT2D eigenvalue weighted by molar-refractivity contribution is 8.14. The van der Waals surface area contributed by atoms with Crippen LogP contribution in [0, 0.1) is 17.0 Å². The number of thioether (sulfide) groups is 1. The molecule has 28 heavy (non-hydrogen) atoms. The second-order valence-electron chi connectivity index (χ2n) is 6.63. The molecule has 2 aliphatic heterocycles. The fourth-order valence-electron chi connectivity index (χ4n) is 3.03. The van der Waals surface area contributed by atoms with E-state index in [0.717, 1.165) is 29.4 Å². The van der Waals surface area contributed by atoms with E-state index in [4.69, 9.17) is 14.7 Å². The summed E-state index contributed by atoms with van der Waals surface area (Å²) in [6, 6.07) is 14.7. The number of nitro groups is 1. The van der Waals surface area contributed by atoms with Gasteiger partial charge in [0, 0.05) is 30.8 Å². The first-order chi connectivity index (χ1) is 13.6. The molecule has 2 aromatic rings. The molecule has 1 atom stereocenters. The van der Waals surface area contributed by atoms with Crippen molar-refractivity contribution in [1.29, 1.82) is 0 Å². The lowest BCUT2D eigenvalue weighted by Crippen LogP contribution is -2.40. The Labute approximate surface area is 167 Å². The van der Waals surface area contributed by atoms with Gasteiger partial charge in [-0.05, 0) is 24.6 Å². The van der Waals surface area contributed by atoms with Crippen LogP contribution in [0.4, 0.5) is 5.69 Å². The fourth-order valence-corrected chi connectivity index (χ4v) is 4.14. The van der Waals surface area contributed by atoms with Gasteiger partial charge in [0.2, 0.25) is 0 Å². The van der Waals surface area contributed by atoms with E-state index < -0.39 is 0 Å². The molecule has 2 aliphatic rings. The zero-order chi connectivity index (χ0) is 19.5. The molecule has 0 amide bonds. The summed E-state index contributed by atoms with van der Waals surface area (Å²) >= 11 is 1.57. The van der Waals surface area contributed by atoms with Crippen LogP contribution in [0.25, 0.3) is 0 Å². The van der Waals surface area contributed by atoms with Gasteiger partial charge in [0.25, 0.3) is 5.69 Å². The van der Waals surface area contributed by atoms with Gasteiger partial charge in [-0.1, -0.05) is 41.6 Å². The second kappa shape index (κ2) is 8.12. The Bertz CT molecular complexity index is 919. The molecule has 0 bridgehead atoms. The van der Waals surface area contributed by atoms with E-state index in [1.54, 1.807) is 23.9 Å². The van der Waals surface area contributed by atoms with Gasteiger partial charge in [-0.2, -0.15) is 0 Å². The van der Waals surface area contributed by atoms with E-state index >= 15 is 0 Å². The van der Waals surface area contributed by atoms with Crippen LogP contribution in [0.1, 0.15) is 22.1 Å². The number of hydrogen-bond donors (Lipinski definition) is 0. The molecule has 2 aromatic carbocycles. The van der Waals surface area contributed by atoms with Crippen LogP contribution >= 0.6 is 11.8 Å². The van der Waals surface area contributed by atoms with E-state index in [9.17, 15) is 10.1 Å². The van der Waals surface area contributed by atoms with Crippen molar-refractivity contribution in [2.24, 2.45) is 9.98 Å². The predicted molar refractivity (Wildman–Crippen MR) is 111 cm³/mol. The largest absolute Gasteiger partial charge is 0.378 e. The van der Waals surface area contributed by atoms with Crippen molar-refractivity contribution >= 4 is 28.5 Å². The smallest absolute Gasteiger partial charge is 0.269 e. The topological polar surface area (TPSA) is 80.3 Å². The molecule has 7 nitrogen and oxygen atoms in total. The van der Waals surface area contributed by atoms with Crippen LogP contribution in [0.2, 0.25) is 0 Å². The third-order valence-electron chi connectivity index (χ3n) is 4.64. The van der Waals surface area contributed by atoms with Crippen molar-refractivity contribution < 1.29 is 9.66 Å². The quantitative estimate of drug-likeness (QED) is 0.583. The molecule has 0 N–H and O–H groups in total. The van der Waals surface area contributed by atoms with Gasteiger partial charge >= 0.3 is 0 Å². The van der Waals surface area contributed by atoms with Gasteiger partial charge in [0.05, 0.1) is 18.1 Å². The molecule has 1 saturated heterocycles. The highest BCUT2D eigenvalue weighted by atomic mass is 32.2. The van der Waals surface area contributed by atoms with Gasteiger partial charge in [-0.25, -0.2) is 9.98 Å². The molecule has 8 heteroatoms. The highest BCUT2D eigenvalue weighted by Gasteiger charge is 2.26. The highest BCUT2D eigenvalue weighted by Crippen LogP contribution is 2.37. The van der Waals surface area contributed by atoms with E-state index in [0.29, 0.717) is 19.0 Å². The SMILES string of the molecule is Cc1ccc(C2=N[C@H](c3ccc([N+](=O)[O-])cc3)SC(N3CCOCC3)=N2)cc1. The first-order valence-corrected chi connectivity index (χ1v) is 9.95. The number of aliphatic imine (C=N–C) groups is 2. The first-order valence-electron chi connectivity index (χ1n) is 9.07. The van der Waals surface area contributed by atoms with E-state index in [1.807, 2.05) is 31.2 Å². The van der Waals surface area contributed by atoms with E-state index in [-0.39, 0.29) is 16.0 Å². The van der Waals surface area contributed by atoms with Crippen molar-refractivity contribution in [2.45, 2.75) is 12.3 Å². The molecule has 0 aromatic heterocycles. The number of amidine groups is 2. The van der Waals surface area contributed by atoms with Crippen LogP contribution < -0.4 is 0 Å². The summed E-state index contributed by atoms with van der Waals surface area (Å²) in [5, 5.41) is 11.7. The number of morpholine rings is 1. The zero-order valence-electron chi connectivity index (χ0n) is 15.4. The fraction of sp³-hybridized carbons (Fsp3) is 0.300. The van der Waals surface area contributed by atoms with Crippen LogP contribution in [-0.4, -0.2) is 47.1 Å². The van der Waals surface area contributed by atoms with Crippen molar-refractivity contribution in [1.82, 2.24) is 4.90 Å². The molecule has 0 spiro atoms. The summed E-state index contributed by atoms with van der Waals surface area (Å²) < 4.78 is 5.46. The lowest BCUT2D eigenvalue weighted by atomic mass is 10.1. The van der Waals surface area contributed by atoms with Crippen LogP contribution in [-0.2, 0) is 4.74 Å². The summed E-state index contributed by atoms with van der Waals surface area (Å²) in [4.78, 5) is 22.4. The summed E-state index contributed by atoms with van der Waals surface area (Å²) in [6.45, 7) is 4.99. The maximum Gasteiger partial charge on any atom is 0.269 e. The maximum absolute atomic E-state index is 10.9. The Morgan fingerprint density at radius 2 is 1.79 bits per heavy atom. The Kier molecular flexibility index (Phi) is 5.40. The number of hydrogen-bond acceptors (Lipinski definition) is 7. The average Bonchev–Trinajstić information content (AvgIpc) is 2.74. The number of non-ortho nitro benzene ring substituents is 1. The molecule has 0 radical (unpaired) electrons. The molecule has 4 rings (SSSR count). The van der Waals surface area contributed by atoms with Gasteiger partial charge < -0.3 is 9.64 Å².